The molecule has 0 aliphatic heterocycles. The van der Waals surface area contributed by atoms with E-state index in [-0.39, 0.29) is 12.0 Å². The van der Waals surface area contributed by atoms with Crippen molar-refractivity contribution in [2.45, 2.75) is 18.9 Å². The zero-order valence-electron chi connectivity index (χ0n) is 10.6. The molecule has 0 bridgehead atoms. The Balaban J connectivity index is 2.62. The highest BCUT2D eigenvalue weighted by Crippen LogP contribution is 2.18. The van der Waals surface area contributed by atoms with Crippen LogP contribution in [-0.2, 0) is 9.53 Å². The fourth-order valence-electron chi connectivity index (χ4n) is 1.60. The van der Waals surface area contributed by atoms with E-state index in [0.29, 0.717) is 0 Å². The Labute approximate surface area is 121 Å². The van der Waals surface area contributed by atoms with Crippen LogP contribution in [0.15, 0.2) is 28.7 Å². The summed E-state index contributed by atoms with van der Waals surface area (Å²) in [6, 6.07) is 7.49. The number of halogens is 1. The van der Waals surface area contributed by atoms with Crippen molar-refractivity contribution < 1.29 is 9.53 Å². The summed E-state index contributed by atoms with van der Waals surface area (Å²) in [5.74, 6) is 0.837. The van der Waals surface area contributed by atoms with Crippen LogP contribution in [0.3, 0.4) is 0 Å². The number of nitrogens with one attached hydrogen (secondary N) is 1. The van der Waals surface area contributed by atoms with Crippen LogP contribution in [0.1, 0.15) is 12.8 Å². The Hall–Kier alpha value is -0.680. The van der Waals surface area contributed by atoms with Gasteiger partial charge < -0.3 is 10.1 Å². The summed E-state index contributed by atoms with van der Waals surface area (Å²) in [5.41, 5.74) is 0.920. The van der Waals surface area contributed by atoms with Crippen LogP contribution < -0.4 is 5.32 Å². The van der Waals surface area contributed by atoms with Gasteiger partial charge in [-0.3, -0.25) is 0 Å². The van der Waals surface area contributed by atoms with Crippen LogP contribution in [0, 0.1) is 0 Å². The largest absolute Gasteiger partial charge is 0.467 e. The number of ether oxygens (including phenoxy) is 1. The molecule has 0 heterocycles. The van der Waals surface area contributed by atoms with E-state index in [1.165, 1.54) is 7.11 Å². The highest BCUT2D eigenvalue weighted by atomic mass is 79.9. The summed E-state index contributed by atoms with van der Waals surface area (Å²) >= 11 is 5.19. The summed E-state index contributed by atoms with van der Waals surface area (Å²) in [6.45, 7) is 0. The molecule has 5 heteroatoms. The number of methoxy groups -OCH3 is 1. The van der Waals surface area contributed by atoms with E-state index in [9.17, 15) is 4.79 Å². The summed E-state index contributed by atoms with van der Waals surface area (Å²) in [4.78, 5) is 11.7. The Bertz CT molecular complexity index is 387. The molecule has 0 aliphatic rings. The predicted molar refractivity (Wildman–Crippen MR) is 81.2 cm³/mol. The average molecular weight is 332 g/mol. The second-order valence-corrected chi connectivity index (χ2v) is 5.77. The minimum absolute atomic E-state index is 0.212. The van der Waals surface area contributed by atoms with Crippen LogP contribution in [0.25, 0.3) is 0 Å². The normalized spacial score (nSPS) is 11.9. The number of anilines is 1. The van der Waals surface area contributed by atoms with Crippen molar-refractivity contribution in [3.63, 3.8) is 0 Å². The van der Waals surface area contributed by atoms with E-state index >= 15 is 0 Å². The summed E-state index contributed by atoms with van der Waals surface area (Å²) in [7, 11) is 1.42. The molecule has 1 aromatic rings. The van der Waals surface area contributed by atoms with Crippen LogP contribution in [0.2, 0.25) is 0 Å². The number of esters is 1. The van der Waals surface area contributed by atoms with Crippen molar-refractivity contribution in [1.82, 2.24) is 0 Å². The zero-order valence-corrected chi connectivity index (χ0v) is 13.0. The van der Waals surface area contributed by atoms with E-state index in [1.54, 1.807) is 11.8 Å². The molecule has 0 aliphatic carbocycles. The molecule has 1 unspecified atom stereocenters. The Morgan fingerprint density at radius 3 is 2.94 bits per heavy atom. The van der Waals surface area contributed by atoms with Crippen molar-refractivity contribution in [2.75, 3.05) is 24.4 Å². The number of hydrogen-bond acceptors (Lipinski definition) is 4. The van der Waals surface area contributed by atoms with Crippen LogP contribution in [0.4, 0.5) is 5.69 Å². The molecule has 1 N–H and O–H groups in total. The molecule has 1 rings (SSSR count). The van der Waals surface area contributed by atoms with Gasteiger partial charge >= 0.3 is 5.97 Å². The first kappa shape index (κ1) is 15.4. The molecule has 0 aromatic heterocycles. The van der Waals surface area contributed by atoms with Crippen molar-refractivity contribution in [3.8, 4) is 0 Å². The lowest BCUT2D eigenvalue weighted by Crippen LogP contribution is -2.30. The van der Waals surface area contributed by atoms with Crippen molar-refractivity contribution >= 4 is 39.3 Å². The molecule has 0 radical (unpaired) electrons. The van der Waals surface area contributed by atoms with E-state index in [2.05, 4.69) is 27.5 Å². The van der Waals surface area contributed by atoms with Gasteiger partial charge in [0.2, 0.25) is 0 Å². The van der Waals surface area contributed by atoms with Gasteiger partial charge in [0.05, 0.1) is 7.11 Å². The molecular formula is C13H18BrNO2S. The van der Waals surface area contributed by atoms with Gasteiger partial charge in [0, 0.05) is 10.2 Å². The van der Waals surface area contributed by atoms with E-state index in [0.717, 1.165) is 28.8 Å². The van der Waals surface area contributed by atoms with Gasteiger partial charge in [-0.15, -0.1) is 0 Å². The second-order valence-electron chi connectivity index (χ2n) is 3.87. The standard InChI is InChI=1S/C13H18BrNO2S/c1-17-13(16)12(7-4-8-18-2)15-11-6-3-5-10(14)9-11/h3,5-6,9,12,15H,4,7-8H2,1-2H3. The summed E-state index contributed by atoms with van der Waals surface area (Å²) in [5, 5.41) is 3.22. The Morgan fingerprint density at radius 2 is 2.33 bits per heavy atom. The fourth-order valence-corrected chi connectivity index (χ4v) is 2.46. The quantitative estimate of drug-likeness (QED) is 0.612. The monoisotopic (exact) mass is 331 g/mol. The van der Waals surface area contributed by atoms with Gasteiger partial charge in [0.25, 0.3) is 0 Å². The van der Waals surface area contributed by atoms with Crippen molar-refractivity contribution in [2.24, 2.45) is 0 Å². The first-order chi connectivity index (χ1) is 8.67. The maximum Gasteiger partial charge on any atom is 0.328 e. The number of hydrogen-bond donors (Lipinski definition) is 1. The lowest BCUT2D eigenvalue weighted by atomic mass is 10.1. The molecule has 3 nitrogen and oxygen atoms in total. The Kier molecular flexibility index (Phi) is 7.20. The van der Waals surface area contributed by atoms with Gasteiger partial charge in [0.1, 0.15) is 6.04 Å². The highest BCUT2D eigenvalue weighted by Gasteiger charge is 2.18. The van der Waals surface area contributed by atoms with Gasteiger partial charge in [-0.1, -0.05) is 22.0 Å². The third-order valence-electron chi connectivity index (χ3n) is 2.49. The van der Waals surface area contributed by atoms with E-state index < -0.39 is 0 Å². The van der Waals surface area contributed by atoms with Crippen molar-refractivity contribution in [1.29, 1.82) is 0 Å². The molecule has 100 valence electrons. The van der Waals surface area contributed by atoms with E-state index in [4.69, 9.17) is 4.74 Å². The number of thioether (sulfide) groups is 1. The first-order valence-electron chi connectivity index (χ1n) is 5.76. The predicted octanol–water partition coefficient (Wildman–Crippen LogP) is 3.55. The zero-order chi connectivity index (χ0) is 13.4. The second kappa shape index (κ2) is 8.43. The first-order valence-corrected chi connectivity index (χ1v) is 7.95. The fraction of sp³-hybridized carbons (Fsp3) is 0.462. The van der Waals surface area contributed by atoms with Crippen LogP contribution in [-0.4, -0.2) is 31.1 Å². The summed E-state index contributed by atoms with van der Waals surface area (Å²) in [6.07, 6.45) is 3.83. The third kappa shape index (κ3) is 5.31. The number of benzene rings is 1. The average Bonchev–Trinajstić information content (AvgIpc) is 2.37. The number of rotatable bonds is 7. The van der Waals surface area contributed by atoms with Gasteiger partial charge in [-0.2, -0.15) is 11.8 Å². The molecule has 18 heavy (non-hydrogen) atoms. The van der Waals surface area contributed by atoms with Crippen molar-refractivity contribution in [3.05, 3.63) is 28.7 Å². The molecule has 0 amide bonds. The number of carbonyl (C=O) groups is 1. The lowest BCUT2D eigenvalue weighted by molar-refractivity contribution is -0.141. The SMILES string of the molecule is COC(=O)C(CCCSC)Nc1cccc(Br)c1. The lowest BCUT2D eigenvalue weighted by Gasteiger charge is -2.17. The molecule has 0 spiro atoms. The van der Waals surface area contributed by atoms with Crippen LogP contribution in [0.5, 0.6) is 0 Å². The number of carbonyl (C=O) groups excluding carboxylic acids is 1. The molecule has 0 fully saturated rings. The summed E-state index contributed by atoms with van der Waals surface area (Å²) < 4.78 is 5.81. The maximum atomic E-state index is 11.7. The van der Waals surface area contributed by atoms with Crippen LogP contribution >= 0.6 is 27.7 Å². The Morgan fingerprint density at radius 1 is 1.56 bits per heavy atom. The maximum absolute atomic E-state index is 11.7. The van der Waals surface area contributed by atoms with Gasteiger partial charge in [-0.25, -0.2) is 4.79 Å². The van der Waals surface area contributed by atoms with Gasteiger partial charge in [-0.05, 0) is 43.0 Å². The van der Waals surface area contributed by atoms with E-state index in [1.807, 2.05) is 24.3 Å². The molecule has 1 atom stereocenters. The minimum atomic E-state index is -0.281. The molecular weight excluding hydrogens is 314 g/mol. The smallest absolute Gasteiger partial charge is 0.328 e. The van der Waals surface area contributed by atoms with Gasteiger partial charge in [0.15, 0.2) is 0 Å². The highest BCUT2D eigenvalue weighted by molar-refractivity contribution is 9.10. The molecule has 0 saturated carbocycles. The third-order valence-corrected chi connectivity index (χ3v) is 3.68. The molecule has 1 aromatic carbocycles. The topological polar surface area (TPSA) is 38.3 Å². The molecule has 0 saturated heterocycles. The minimum Gasteiger partial charge on any atom is -0.467 e.